The molecule has 1 aromatic heterocycles. The lowest BCUT2D eigenvalue weighted by Crippen LogP contribution is -2.70. The van der Waals surface area contributed by atoms with Crippen LogP contribution in [0.15, 0.2) is 40.7 Å². The zero-order chi connectivity index (χ0) is 25.8. The first-order valence-electron chi connectivity index (χ1n) is 10.9. The molecule has 0 aliphatic carbocycles. The monoisotopic (exact) mass is 533 g/mol. The third kappa shape index (κ3) is 5.37. The molecule has 2 aliphatic heterocycles. The van der Waals surface area contributed by atoms with Gasteiger partial charge in [-0.25, -0.2) is 4.79 Å². The molecule has 2 aliphatic rings. The number of thioether (sulfide) groups is 2. The minimum absolute atomic E-state index is 0.0417. The van der Waals surface area contributed by atoms with Crippen LogP contribution in [-0.4, -0.2) is 81.9 Å². The Labute approximate surface area is 213 Å². The fraction of sp³-hybridized carbons (Fsp3) is 0.381. The summed E-state index contributed by atoms with van der Waals surface area (Å²) in [6, 6.07) is 6.38. The molecular weight excluding hydrogens is 510 g/mol. The Kier molecular flexibility index (Phi) is 7.91. The number of carbonyl (C=O) groups excluding carboxylic acids is 2. The van der Waals surface area contributed by atoms with Gasteiger partial charge in [0.1, 0.15) is 17.1 Å². The van der Waals surface area contributed by atoms with E-state index in [0.717, 1.165) is 27.8 Å². The summed E-state index contributed by atoms with van der Waals surface area (Å²) in [7, 11) is 0. The third-order valence-electron chi connectivity index (χ3n) is 5.79. The van der Waals surface area contributed by atoms with Crippen molar-refractivity contribution in [3.05, 3.63) is 46.7 Å². The summed E-state index contributed by atoms with van der Waals surface area (Å²) in [4.78, 5) is 50.3. The normalized spacial score (nSPS) is 19.9. The van der Waals surface area contributed by atoms with Crippen LogP contribution >= 0.6 is 23.5 Å². The van der Waals surface area contributed by atoms with Crippen molar-refractivity contribution in [1.29, 1.82) is 0 Å². The number of carboxylic acids is 2. The average molecular weight is 534 g/mol. The third-order valence-corrected chi connectivity index (χ3v) is 8.28. The summed E-state index contributed by atoms with van der Waals surface area (Å²) < 4.78 is 0. The second-order valence-corrected chi connectivity index (χ2v) is 10.3. The van der Waals surface area contributed by atoms with Gasteiger partial charge in [0.05, 0.1) is 6.42 Å². The maximum Gasteiger partial charge on any atom is 0.352 e. The number of hydrogen-bond donors (Lipinski definition) is 5. The first kappa shape index (κ1) is 25.7. The summed E-state index contributed by atoms with van der Waals surface area (Å²) in [6.45, 7) is 0.276. The van der Waals surface area contributed by atoms with Crippen LogP contribution in [-0.2, 0) is 32.1 Å². The summed E-state index contributed by atoms with van der Waals surface area (Å²) in [5, 5.41) is 34.4. The molecule has 0 radical (unpaired) electrons. The highest BCUT2D eigenvalue weighted by atomic mass is 32.2. The number of amides is 2. The van der Waals surface area contributed by atoms with E-state index in [9.17, 15) is 24.3 Å². The molecule has 190 valence electrons. The maximum absolute atomic E-state index is 13.0. The number of aromatic nitrogens is 4. The number of aliphatic carboxylic acids is 2. The van der Waals surface area contributed by atoms with Crippen molar-refractivity contribution >= 4 is 47.3 Å². The van der Waals surface area contributed by atoms with Crippen LogP contribution in [0, 0.1) is 0 Å². The van der Waals surface area contributed by atoms with Crippen molar-refractivity contribution in [2.75, 3.05) is 5.75 Å². The van der Waals surface area contributed by atoms with Gasteiger partial charge in [-0.2, -0.15) is 5.21 Å². The van der Waals surface area contributed by atoms with Gasteiger partial charge >= 0.3 is 11.9 Å². The van der Waals surface area contributed by atoms with E-state index in [1.165, 1.54) is 11.8 Å². The molecule has 0 spiro atoms. The Bertz CT molecular complexity index is 1210. The molecule has 13 nitrogen and oxygen atoms in total. The number of tetrazole rings is 1. The van der Waals surface area contributed by atoms with Gasteiger partial charge in [-0.1, -0.05) is 36.0 Å². The van der Waals surface area contributed by atoms with Gasteiger partial charge in [-0.3, -0.25) is 19.3 Å². The van der Waals surface area contributed by atoms with E-state index in [4.69, 9.17) is 10.8 Å². The van der Waals surface area contributed by atoms with Crippen LogP contribution in [0.25, 0.3) is 0 Å². The van der Waals surface area contributed by atoms with Crippen LogP contribution in [0.3, 0.4) is 0 Å². The quantitative estimate of drug-likeness (QED) is 0.191. The number of hydrogen-bond acceptors (Lipinski definition) is 10. The number of fused-ring (bicyclic) bond motifs is 1. The number of benzene rings is 1. The molecule has 3 atom stereocenters. The van der Waals surface area contributed by atoms with Crippen molar-refractivity contribution in [3.63, 3.8) is 0 Å². The van der Waals surface area contributed by atoms with Crippen molar-refractivity contribution in [1.82, 2.24) is 30.8 Å². The fourth-order valence-electron chi connectivity index (χ4n) is 4.10. The number of nitrogens with zero attached hydrogens (tertiary/aromatic N) is 4. The molecule has 3 heterocycles. The molecule has 2 aromatic rings. The van der Waals surface area contributed by atoms with E-state index in [1.807, 2.05) is 12.1 Å². The summed E-state index contributed by atoms with van der Waals surface area (Å²) >= 11 is 2.39. The molecular formula is C21H23N7O6S2. The number of aromatic amines is 1. The highest BCUT2D eigenvalue weighted by Crippen LogP contribution is 2.44. The molecule has 6 N–H and O–H groups in total. The van der Waals surface area contributed by atoms with E-state index in [1.54, 1.807) is 12.1 Å². The van der Waals surface area contributed by atoms with Crippen molar-refractivity contribution in [3.8, 4) is 0 Å². The maximum atomic E-state index is 13.0. The molecule has 1 saturated heterocycles. The summed E-state index contributed by atoms with van der Waals surface area (Å²) in [6.07, 6.45) is -0.0639. The van der Waals surface area contributed by atoms with Gasteiger partial charge in [-0.05, 0) is 28.3 Å². The zero-order valence-electron chi connectivity index (χ0n) is 18.8. The minimum atomic E-state index is -1.31. The van der Waals surface area contributed by atoms with Crippen molar-refractivity contribution < 1.29 is 29.4 Å². The lowest BCUT2D eigenvalue weighted by molar-refractivity contribution is -0.150. The van der Waals surface area contributed by atoms with Crippen molar-refractivity contribution in [2.24, 2.45) is 5.73 Å². The fourth-order valence-corrected chi connectivity index (χ4v) is 6.64. The predicted octanol–water partition coefficient (Wildman–Crippen LogP) is -0.0348. The predicted molar refractivity (Wildman–Crippen MR) is 128 cm³/mol. The first-order chi connectivity index (χ1) is 17.3. The molecule has 2 unspecified atom stereocenters. The smallest absolute Gasteiger partial charge is 0.352 e. The molecule has 1 aromatic carbocycles. The number of carbonyl (C=O) groups is 4. The van der Waals surface area contributed by atoms with Crippen LogP contribution in [0.1, 0.15) is 24.0 Å². The SMILES string of the molecule is NCc1ccccc1CC(=O)NC1C(=O)N2C(C(=O)O)=C(C(CCC(=O)O)Sc3nn[nH]n3)CS[C@@H]12. The molecule has 2 amide bonds. The Morgan fingerprint density at radius 3 is 2.67 bits per heavy atom. The lowest BCUT2D eigenvalue weighted by Gasteiger charge is -2.50. The molecule has 1 fully saturated rings. The highest BCUT2D eigenvalue weighted by molar-refractivity contribution is 8.01. The van der Waals surface area contributed by atoms with Crippen molar-refractivity contribution in [2.45, 2.75) is 47.6 Å². The second kappa shape index (κ2) is 11.1. The molecule has 15 heteroatoms. The van der Waals surface area contributed by atoms with E-state index in [2.05, 4.69) is 25.9 Å². The van der Waals surface area contributed by atoms with Gasteiger partial charge in [0.25, 0.3) is 5.91 Å². The molecule has 4 rings (SSSR count). The number of β-lactam (4-membered cyclic amide) rings is 1. The first-order valence-corrected chi connectivity index (χ1v) is 12.8. The van der Waals surface area contributed by atoms with E-state index < -0.39 is 34.5 Å². The van der Waals surface area contributed by atoms with Gasteiger partial charge in [0.15, 0.2) is 0 Å². The minimum Gasteiger partial charge on any atom is -0.481 e. The average Bonchev–Trinajstić information content (AvgIpc) is 3.37. The van der Waals surface area contributed by atoms with Gasteiger partial charge < -0.3 is 21.3 Å². The Morgan fingerprint density at radius 1 is 1.28 bits per heavy atom. The number of nitrogens with one attached hydrogen (secondary N) is 2. The lowest BCUT2D eigenvalue weighted by atomic mass is 9.99. The number of rotatable bonds is 11. The molecule has 0 bridgehead atoms. The number of nitrogens with two attached hydrogens (primary N) is 1. The van der Waals surface area contributed by atoms with Gasteiger partial charge in [0, 0.05) is 24.0 Å². The standard InChI is InChI=1S/C21H23N7O6S2/c22-8-11-4-2-1-3-10(11)7-14(29)23-16-18(32)28-17(20(33)34)12(9-35-19(16)28)13(5-6-15(30)31)36-21-24-26-27-25-21/h1-4,13,16,19H,5-9,22H2,(H,23,29)(H,30,31)(H,33,34)(H,24,25,26,27)/t13?,16?,19-/m0/s1. The topological polar surface area (TPSA) is 204 Å². The molecule has 0 saturated carbocycles. The van der Waals surface area contributed by atoms with E-state index >= 15 is 0 Å². The van der Waals surface area contributed by atoms with Crippen LogP contribution in [0.4, 0.5) is 0 Å². The van der Waals surface area contributed by atoms with Crippen LogP contribution in [0.2, 0.25) is 0 Å². The Hall–Kier alpha value is -3.43. The van der Waals surface area contributed by atoms with Crippen LogP contribution < -0.4 is 11.1 Å². The summed E-state index contributed by atoms with van der Waals surface area (Å²) in [5.41, 5.74) is 7.51. The van der Waals surface area contributed by atoms with E-state index in [-0.39, 0.29) is 48.3 Å². The largest absolute Gasteiger partial charge is 0.481 e. The zero-order valence-corrected chi connectivity index (χ0v) is 20.4. The highest BCUT2D eigenvalue weighted by Gasteiger charge is 2.54. The molecule has 36 heavy (non-hydrogen) atoms. The second-order valence-electron chi connectivity index (χ2n) is 8.02. The van der Waals surface area contributed by atoms with Gasteiger partial charge in [0.2, 0.25) is 11.1 Å². The van der Waals surface area contributed by atoms with E-state index in [0.29, 0.717) is 5.57 Å². The summed E-state index contributed by atoms with van der Waals surface area (Å²) in [5.74, 6) is -3.02. The Morgan fingerprint density at radius 2 is 2.03 bits per heavy atom. The number of H-pyrrole nitrogens is 1. The van der Waals surface area contributed by atoms with Crippen LogP contribution in [0.5, 0.6) is 0 Å². The number of carboxylic acid groups (broad SMARTS) is 2. The Balaban J connectivity index is 1.52. The van der Waals surface area contributed by atoms with Gasteiger partial charge in [-0.15, -0.1) is 22.0 Å².